The van der Waals surface area contributed by atoms with Gasteiger partial charge < -0.3 is 15.3 Å². The number of hydrogen-bond donors (Lipinski definition) is 2. The smallest absolute Gasteiger partial charge is 0.225 e. The van der Waals surface area contributed by atoms with Crippen molar-refractivity contribution < 1.29 is 5.11 Å². The Bertz CT molecular complexity index is 407. The van der Waals surface area contributed by atoms with Crippen molar-refractivity contribution in [1.82, 2.24) is 15.3 Å². The van der Waals surface area contributed by atoms with Crippen molar-refractivity contribution in [3.63, 3.8) is 0 Å². The van der Waals surface area contributed by atoms with Crippen LogP contribution in [0.1, 0.15) is 32.8 Å². The normalized spacial score (nSPS) is 22.8. The van der Waals surface area contributed by atoms with Crippen LogP contribution in [0.4, 0.5) is 5.95 Å². The Morgan fingerprint density at radius 1 is 1.40 bits per heavy atom. The zero-order valence-electron chi connectivity index (χ0n) is 12.7. The van der Waals surface area contributed by atoms with Crippen LogP contribution in [-0.2, 0) is 6.54 Å². The van der Waals surface area contributed by atoms with Gasteiger partial charge in [-0.2, -0.15) is 0 Å². The molecule has 0 amide bonds. The third kappa shape index (κ3) is 3.67. The number of rotatable bonds is 6. The van der Waals surface area contributed by atoms with Crippen molar-refractivity contribution in [2.75, 3.05) is 24.6 Å². The average molecular weight is 278 g/mol. The maximum atomic E-state index is 9.48. The fraction of sp³-hybridized carbons (Fsp3) is 0.733. The first-order valence-electron chi connectivity index (χ1n) is 7.51. The van der Waals surface area contributed by atoms with Crippen LogP contribution in [0.3, 0.4) is 0 Å². The minimum atomic E-state index is 0.153. The molecule has 0 bridgehead atoms. The van der Waals surface area contributed by atoms with E-state index < -0.39 is 0 Å². The molecule has 2 rings (SSSR count). The molecule has 112 valence electrons. The lowest BCUT2D eigenvalue weighted by atomic mass is 10.0. The standard InChI is InChI=1S/C15H26N4O/c1-11(2)6-16-7-13-8-17-15(18-9-13)19-5-4-12(3)14(19)10-20/h8-9,11-12,14,16,20H,4-7,10H2,1-3H3. The molecule has 2 N–H and O–H groups in total. The Balaban J connectivity index is 1.94. The SMILES string of the molecule is CC(C)CNCc1cnc(N2CCC(C)C2CO)nc1. The van der Waals surface area contributed by atoms with Gasteiger partial charge in [0.2, 0.25) is 5.95 Å². The lowest BCUT2D eigenvalue weighted by molar-refractivity contribution is 0.244. The minimum Gasteiger partial charge on any atom is -0.394 e. The van der Waals surface area contributed by atoms with Gasteiger partial charge in [0, 0.05) is 31.0 Å². The second-order valence-corrected chi connectivity index (χ2v) is 6.13. The Kier molecular flexibility index (Phi) is 5.31. The van der Waals surface area contributed by atoms with Crippen molar-refractivity contribution in [2.24, 2.45) is 11.8 Å². The first-order valence-corrected chi connectivity index (χ1v) is 7.51. The molecule has 1 aliphatic rings. The molecule has 2 atom stereocenters. The fourth-order valence-corrected chi connectivity index (χ4v) is 2.63. The quantitative estimate of drug-likeness (QED) is 0.824. The fourth-order valence-electron chi connectivity index (χ4n) is 2.63. The van der Waals surface area contributed by atoms with Gasteiger partial charge in [-0.05, 0) is 24.8 Å². The molecule has 0 aliphatic carbocycles. The molecule has 2 heterocycles. The predicted molar refractivity (Wildman–Crippen MR) is 80.6 cm³/mol. The highest BCUT2D eigenvalue weighted by Crippen LogP contribution is 2.26. The second kappa shape index (κ2) is 6.99. The van der Waals surface area contributed by atoms with E-state index in [1.54, 1.807) is 0 Å². The van der Waals surface area contributed by atoms with E-state index in [9.17, 15) is 5.11 Å². The summed E-state index contributed by atoms with van der Waals surface area (Å²) in [7, 11) is 0. The van der Waals surface area contributed by atoms with Crippen molar-refractivity contribution in [2.45, 2.75) is 39.8 Å². The molecule has 5 nitrogen and oxygen atoms in total. The number of hydrogen-bond acceptors (Lipinski definition) is 5. The van der Waals surface area contributed by atoms with Gasteiger partial charge in [-0.25, -0.2) is 9.97 Å². The Labute approximate surface area is 121 Å². The Morgan fingerprint density at radius 2 is 2.10 bits per heavy atom. The highest BCUT2D eigenvalue weighted by molar-refractivity contribution is 5.34. The van der Waals surface area contributed by atoms with Crippen LogP contribution in [0.15, 0.2) is 12.4 Å². The van der Waals surface area contributed by atoms with Crippen molar-refractivity contribution in [1.29, 1.82) is 0 Å². The van der Waals surface area contributed by atoms with E-state index >= 15 is 0 Å². The van der Waals surface area contributed by atoms with E-state index in [0.717, 1.165) is 37.6 Å². The molecule has 1 aromatic heterocycles. The molecular weight excluding hydrogens is 252 g/mol. The number of nitrogens with one attached hydrogen (secondary N) is 1. The van der Waals surface area contributed by atoms with E-state index in [-0.39, 0.29) is 12.6 Å². The highest BCUT2D eigenvalue weighted by atomic mass is 16.3. The zero-order valence-corrected chi connectivity index (χ0v) is 12.7. The van der Waals surface area contributed by atoms with E-state index in [4.69, 9.17) is 0 Å². The van der Waals surface area contributed by atoms with Gasteiger partial charge in [0.1, 0.15) is 0 Å². The minimum absolute atomic E-state index is 0.153. The predicted octanol–water partition coefficient (Wildman–Crippen LogP) is 1.43. The number of aliphatic hydroxyl groups is 1. The van der Waals surface area contributed by atoms with Crippen molar-refractivity contribution >= 4 is 5.95 Å². The van der Waals surface area contributed by atoms with Crippen LogP contribution < -0.4 is 10.2 Å². The second-order valence-electron chi connectivity index (χ2n) is 6.13. The molecule has 0 radical (unpaired) electrons. The van der Waals surface area contributed by atoms with Gasteiger partial charge in [-0.15, -0.1) is 0 Å². The van der Waals surface area contributed by atoms with Gasteiger partial charge in [-0.3, -0.25) is 0 Å². The molecule has 1 fully saturated rings. The van der Waals surface area contributed by atoms with Gasteiger partial charge >= 0.3 is 0 Å². The molecule has 2 unspecified atom stereocenters. The zero-order chi connectivity index (χ0) is 14.5. The maximum Gasteiger partial charge on any atom is 0.225 e. The summed E-state index contributed by atoms with van der Waals surface area (Å²) in [4.78, 5) is 11.0. The molecule has 1 aromatic rings. The number of anilines is 1. The first kappa shape index (κ1) is 15.2. The van der Waals surface area contributed by atoms with E-state index in [2.05, 4.69) is 41.0 Å². The monoisotopic (exact) mass is 278 g/mol. The van der Waals surface area contributed by atoms with Gasteiger partial charge in [-0.1, -0.05) is 20.8 Å². The van der Waals surface area contributed by atoms with Crippen LogP contribution in [0.5, 0.6) is 0 Å². The number of nitrogens with zero attached hydrogens (tertiary/aromatic N) is 3. The summed E-state index contributed by atoms with van der Waals surface area (Å²) in [6, 6.07) is 0.153. The summed E-state index contributed by atoms with van der Waals surface area (Å²) >= 11 is 0. The van der Waals surface area contributed by atoms with E-state index in [0.29, 0.717) is 11.8 Å². The van der Waals surface area contributed by atoms with E-state index in [1.165, 1.54) is 0 Å². The summed E-state index contributed by atoms with van der Waals surface area (Å²) in [5.41, 5.74) is 1.10. The third-order valence-electron chi connectivity index (χ3n) is 3.90. The summed E-state index contributed by atoms with van der Waals surface area (Å²) in [6.45, 7) is 9.45. The first-order chi connectivity index (χ1) is 9.61. The number of aromatic nitrogens is 2. The lowest BCUT2D eigenvalue weighted by Crippen LogP contribution is -2.36. The van der Waals surface area contributed by atoms with Crippen LogP contribution in [-0.4, -0.2) is 40.8 Å². The topological polar surface area (TPSA) is 61.3 Å². The van der Waals surface area contributed by atoms with Gasteiger partial charge in [0.25, 0.3) is 0 Å². The molecule has 0 saturated carbocycles. The molecule has 1 saturated heterocycles. The molecule has 20 heavy (non-hydrogen) atoms. The molecular formula is C15H26N4O. The van der Waals surface area contributed by atoms with Gasteiger partial charge in [0.05, 0.1) is 12.6 Å². The molecule has 0 spiro atoms. The summed E-state index contributed by atoms with van der Waals surface area (Å²) in [5.74, 6) is 1.88. The Hall–Kier alpha value is -1.20. The van der Waals surface area contributed by atoms with Crippen LogP contribution in [0.25, 0.3) is 0 Å². The van der Waals surface area contributed by atoms with Crippen molar-refractivity contribution in [3.8, 4) is 0 Å². The molecule has 0 aromatic carbocycles. The largest absolute Gasteiger partial charge is 0.394 e. The average Bonchev–Trinajstić information content (AvgIpc) is 2.80. The van der Waals surface area contributed by atoms with Crippen LogP contribution in [0.2, 0.25) is 0 Å². The van der Waals surface area contributed by atoms with Gasteiger partial charge in [0.15, 0.2) is 0 Å². The van der Waals surface area contributed by atoms with E-state index in [1.807, 2.05) is 12.4 Å². The molecule has 1 aliphatic heterocycles. The van der Waals surface area contributed by atoms with Crippen molar-refractivity contribution in [3.05, 3.63) is 18.0 Å². The molecule has 5 heteroatoms. The summed E-state index contributed by atoms with van der Waals surface area (Å²) in [6.07, 6.45) is 4.85. The third-order valence-corrected chi connectivity index (χ3v) is 3.90. The Morgan fingerprint density at radius 3 is 2.70 bits per heavy atom. The van der Waals surface area contributed by atoms with Crippen LogP contribution in [0, 0.1) is 11.8 Å². The number of aliphatic hydroxyl groups excluding tert-OH is 1. The summed E-state index contributed by atoms with van der Waals surface area (Å²) in [5, 5.41) is 12.9. The maximum absolute atomic E-state index is 9.48. The highest BCUT2D eigenvalue weighted by Gasteiger charge is 2.31. The lowest BCUT2D eigenvalue weighted by Gasteiger charge is -2.25. The van der Waals surface area contributed by atoms with Crippen LogP contribution >= 0.6 is 0 Å². The summed E-state index contributed by atoms with van der Waals surface area (Å²) < 4.78 is 0.